The largest absolute Gasteiger partial charge is 0.508 e. The lowest BCUT2D eigenvalue weighted by Gasteiger charge is -2.34. The third kappa shape index (κ3) is 2.33. The van der Waals surface area contributed by atoms with Crippen LogP contribution in [0.3, 0.4) is 0 Å². The van der Waals surface area contributed by atoms with Gasteiger partial charge in [0.15, 0.2) is 0 Å². The number of nitrogens with zero attached hydrogens (tertiary/aromatic N) is 2. The van der Waals surface area contributed by atoms with Crippen LogP contribution in [0.1, 0.15) is 5.56 Å². The summed E-state index contributed by atoms with van der Waals surface area (Å²) in [4.78, 5) is 4.34. The topological polar surface area (TPSA) is 50.6 Å². The number of phenols is 1. The van der Waals surface area contributed by atoms with Crippen molar-refractivity contribution in [3.63, 3.8) is 0 Å². The molecule has 2 rings (SSSR count). The molecule has 16 heavy (non-hydrogen) atoms. The van der Waals surface area contributed by atoms with E-state index in [4.69, 9.17) is 5.41 Å². The number of amidine groups is 1. The molecule has 0 bridgehead atoms. The van der Waals surface area contributed by atoms with E-state index in [0.29, 0.717) is 5.84 Å². The van der Waals surface area contributed by atoms with E-state index in [2.05, 4.69) is 16.8 Å². The van der Waals surface area contributed by atoms with E-state index in [1.54, 1.807) is 24.3 Å². The molecule has 0 atom stereocenters. The van der Waals surface area contributed by atoms with E-state index in [9.17, 15) is 5.11 Å². The molecule has 1 heterocycles. The Kier molecular flexibility index (Phi) is 3.10. The summed E-state index contributed by atoms with van der Waals surface area (Å²) in [6, 6.07) is 6.83. The van der Waals surface area contributed by atoms with Gasteiger partial charge < -0.3 is 14.9 Å². The Hall–Kier alpha value is -1.55. The van der Waals surface area contributed by atoms with Crippen LogP contribution in [-0.2, 0) is 0 Å². The van der Waals surface area contributed by atoms with Crippen molar-refractivity contribution in [2.45, 2.75) is 0 Å². The molecule has 0 spiro atoms. The summed E-state index contributed by atoms with van der Waals surface area (Å²) in [5, 5.41) is 17.3. The minimum atomic E-state index is 0.245. The Morgan fingerprint density at radius 3 is 2.25 bits per heavy atom. The van der Waals surface area contributed by atoms with Crippen LogP contribution < -0.4 is 0 Å². The molecule has 0 unspecified atom stereocenters. The standard InChI is InChI=1S/C12H17N3O/c1-14-6-8-15(9-7-14)12(13)10-2-4-11(16)5-3-10/h2-5,13,16H,6-9H2,1H3. The van der Waals surface area contributed by atoms with E-state index in [-0.39, 0.29) is 5.75 Å². The highest BCUT2D eigenvalue weighted by atomic mass is 16.3. The molecule has 4 nitrogen and oxygen atoms in total. The zero-order valence-electron chi connectivity index (χ0n) is 9.48. The van der Waals surface area contributed by atoms with Crippen LogP contribution in [0, 0.1) is 5.41 Å². The van der Waals surface area contributed by atoms with Gasteiger partial charge in [-0.15, -0.1) is 0 Å². The van der Waals surface area contributed by atoms with Crippen molar-refractivity contribution in [2.24, 2.45) is 0 Å². The van der Waals surface area contributed by atoms with Crippen LogP contribution in [0.2, 0.25) is 0 Å². The number of phenolic OH excluding ortho intramolecular Hbond substituents is 1. The van der Waals surface area contributed by atoms with Gasteiger partial charge in [-0.05, 0) is 31.3 Å². The van der Waals surface area contributed by atoms with Gasteiger partial charge in [0, 0.05) is 31.7 Å². The number of hydrogen-bond donors (Lipinski definition) is 2. The van der Waals surface area contributed by atoms with Crippen molar-refractivity contribution in [1.29, 1.82) is 5.41 Å². The number of likely N-dealkylation sites (N-methyl/N-ethyl adjacent to an activating group) is 1. The first-order valence-electron chi connectivity index (χ1n) is 5.48. The first-order valence-corrected chi connectivity index (χ1v) is 5.48. The second-order valence-corrected chi connectivity index (χ2v) is 4.19. The van der Waals surface area contributed by atoms with Crippen LogP contribution in [0.25, 0.3) is 0 Å². The molecule has 0 aromatic heterocycles. The Bertz CT molecular complexity index is 366. The molecule has 0 saturated carbocycles. The van der Waals surface area contributed by atoms with E-state index in [1.807, 2.05) is 0 Å². The van der Waals surface area contributed by atoms with Crippen LogP contribution in [-0.4, -0.2) is 54.0 Å². The Morgan fingerprint density at radius 2 is 1.69 bits per heavy atom. The zero-order valence-corrected chi connectivity index (χ0v) is 9.48. The number of aromatic hydroxyl groups is 1. The van der Waals surface area contributed by atoms with Gasteiger partial charge in [-0.2, -0.15) is 0 Å². The van der Waals surface area contributed by atoms with Gasteiger partial charge in [0.1, 0.15) is 11.6 Å². The average molecular weight is 219 g/mol. The molecule has 1 saturated heterocycles. The molecule has 1 aliphatic heterocycles. The van der Waals surface area contributed by atoms with Crippen LogP contribution >= 0.6 is 0 Å². The zero-order chi connectivity index (χ0) is 11.5. The smallest absolute Gasteiger partial charge is 0.128 e. The lowest BCUT2D eigenvalue weighted by atomic mass is 10.1. The predicted octanol–water partition coefficient (Wildman–Crippen LogP) is 0.965. The average Bonchev–Trinajstić information content (AvgIpc) is 2.30. The maximum atomic E-state index is 9.19. The van der Waals surface area contributed by atoms with E-state index in [1.165, 1.54) is 0 Å². The summed E-state index contributed by atoms with van der Waals surface area (Å²) in [6.45, 7) is 3.80. The van der Waals surface area contributed by atoms with E-state index in [0.717, 1.165) is 31.7 Å². The number of rotatable bonds is 1. The monoisotopic (exact) mass is 219 g/mol. The minimum Gasteiger partial charge on any atom is -0.508 e. The lowest BCUT2D eigenvalue weighted by Crippen LogP contribution is -2.47. The van der Waals surface area contributed by atoms with Gasteiger partial charge in [-0.25, -0.2) is 0 Å². The lowest BCUT2D eigenvalue weighted by molar-refractivity contribution is 0.215. The number of nitrogens with one attached hydrogen (secondary N) is 1. The Labute approximate surface area is 95.6 Å². The molecule has 86 valence electrons. The fourth-order valence-corrected chi connectivity index (χ4v) is 1.83. The molecule has 1 aliphatic rings. The number of hydrogen-bond acceptors (Lipinski definition) is 3. The van der Waals surface area contributed by atoms with Gasteiger partial charge in [0.05, 0.1) is 0 Å². The van der Waals surface area contributed by atoms with Crippen molar-refractivity contribution in [3.05, 3.63) is 29.8 Å². The van der Waals surface area contributed by atoms with Crippen LogP contribution in [0.4, 0.5) is 0 Å². The summed E-state index contributed by atoms with van der Waals surface area (Å²) < 4.78 is 0. The molecule has 0 radical (unpaired) electrons. The maximum absolute atomic E-state index is 9.19. The number of piperazine rings is 1. The van der Waals surface area contributed by atoms with Crippen molar-refractivity contribution in [2.75, 3.05) is 33.2 Å². The van der Waals surface area contributed by atoms with Crippen LogP contribution in [0.5, 0.6) is 5.75 Å². The van der Waals surface area contributed by atoms with Crippen molar-refractivity contribution in [3.8, 4) is 5.75 Å². The first kappa shape index (κ1) is 11.0. The summed E-state index contributed by atoms with van der Waals surface area (Å²) in [5.41, 5.74) is 0.863. The Morgan fingerprint density at radius 1 is 1.12 bits per heavy atom. The van der Waals surface area contributed by atoms with Gasteiger partial charge in [-0.3, -0.25) is 5.41 Å². The molecule has 0 amide bonds. The fraction of sp³-hybridized carbons (Fsp3) is 0.417. The Balaban J connectivity index is 2.05. The normalized spacial score (nSPS) is 17.4. The minimum absolute atomic E-state index is 0.245. The number of benzene rings is 1. The summed E-state index contributed by atoms with van der Waals surface area (Å²) in [6.07, 6.45) is 0. The highest BCUT2D eigenvalue weighted by molar-refractivity contribution is 5.96. The molecule has 0 aliphatic carbocycles. The second-order valence-electron chi connectivity index (χ2n) is 4.19. The van der Waals surface area contributed by atoms with Gasteiger partial charge >= 0.3 is 0 Å². The molecule has 1 fully saturated rings. The third-order valence-corrected chi connectivity index (χ3v) is 2.96. The van der Waals surface area contributed by atoms with Crippen molar-refractivity contribution < 1.29 is 5.11 Å². The highest BCUT2D eigenvalue weighted by Crippen LogP contribution is 2.12. The van der Waals surface area contributed by atoms with E-state index >= 15 is 0 Å². The van der Waals surface area contributed by atoms with Crippen molar-refractivity contribution in [1.82, 2.24) is 9.80 Å². The maximum Gasteiger partial charge on any atom is 0.128 e. The molecular weight excluding hydrogens is 202 g/mol. The molecule has 4 heteroatoms. The SMILES string of the molecule is CN1CCN(C(=N)c2ccc(O)cc2)CC1. The van der Waals surface area contributed by atoms with Gasteiger partial charge in [0.25, 0.3) is 0 Å². The molecule has 1 aromatic rings. The third-order valence-electron chi connectivity index (χ3n) is 2.96. The summed E-state index contributed by atoms with van der Waals surface area (Å²) in [5.74, 6) is 0.794. The molecule has 1 aromatic carbocycles. The first-order chi connectivity index (χ1) is 7.66. The van der Waals surface area contributed by atoms with Crippen molar-refractivity contribution >= 4 is 5.84 Å². The van der Waals surface area contributed by atoms with Gasteiger partial charge in [-0.1, -0.05) is 0 Å². The van der Waals surface area contributed by atoms with Crippen LogP contribution in [0.15, 0.2) is 24.3 Å². The molecular formula is C12H17N3O. The quantitative estimate of drug-likeness (QED) is 0.546. The van der Waals surface area contributed by atoms with E-state index < -0.39 is 0 Å². The molecule has 2 N–H and O–H groups in total. The highest BCUT2D eigenvalue weighted by Gasteiger charge is 2.17. The fourth-order valence-electron chi connectivity index (χ4n) is 1.83. The second kappa shape index (κ2) is 4.53. The summed E-state index contributed by atoms with van der Waals surface area (Å²) in [7, 11) is 2.10. The van der Waals surface area contributed by atoms with Gasteiger partial charge in [0.2, 0.25) is 0 Å². The predicted molar refractivity (Wildman–Crippen MR) is 64.0 cm³/mol. The summed E-state index contributed by atoms with van der Waals surface area (Å²) >= 11 is 0.